The molecule has 0 aliphatic heterocycles. The quantitative estimate of drug-likeness (QED) is 0.412. The van der Waals surface area contributed by atoms with Gasteiger partial charge in [-0.05, 0) is 19.8 Å². The summed E-state index contributed by atoms with van der Waals surface area (Å²) in [4.78, 5) is 22.6. The van der Waals surface area contributed by atoms with E-state index >= 15 is 0 Å². The molecular weight excluding hydrogens is 306 g/mol. The smallest absolute Gasteiger partial charge is 0.369 e. The van der Waals surface area contributed by atoms with Crippen LogP contribution in [0, 0.1) is 0 Å². The number of Topliss-reactive ketones (excluding diaryl/α,β-unsaturated/α-hetero) is 1. The lowest BCUT2D eigenvalue weighted by Crippen LogP contribution is -2.03. The molecular formula is C13H17N5O3S. The molecule has 2 aromatic rings. The molecule has 118 valence electrons. The van der Waals surface area contributed by atoms with E-state index in [1.165, 1.54) is 18.3 Å². The van der Waals surface area contributed by atoms with E-state index in [4.69, 9.17) is 4.74 Å². The Labute approximate surface area is 131 Å². The van der Waals surface area contributed by atoms with Crippen molar-refractivity contribution < 1.29 is 14.3 Å². The highest BCUT2D eigenvalue weighted by Crippen LogP contribution is 2.13. The van der Waals surface area contributed by atoms with Crippen molar-refractivity contribution in [3.63, 3.8) is 0 Å². The van der Waals surface area contributed by atoms with Crippen molar-refractivity contribution in [1.29, 1.82) is 0 Å². The first kappa shape index (κ1) is 16.2. The van der Waals surface area contributed by atoms with Crippen LogP contribution >= 0.6 is 11.3 Å². The number of hydrogen-bond donors (Lipinski definition) is 0. The van der Waals surface area contributed by atoms with Crippen LogP contribution in [0.2, 0.25) is 0 Å². The number of hydrogen-bond acceptors (Lipinski definition) is 8. The fourth-order valence-electron chi connectivity index (χ4n) is 1.75. The lowest BCUT2D eigenvalue weighted by molar-refractivity contribution is 0.0525. The summed E-state index contributed by atoms with van der Waals surface area (Å²) in [7, 11) is 0. The summed E-state index contributed by atoms with van der Waals surface area (Å²) in [5, 5.41) is 16.6. The predicted octanol–water partition coefficient (Wildman–Crippen LogP) is 1.53. The van der Waals surface area contributed by atoms with Gasteiger partial charge in [0.1, 0.15) is 10.7 Å². The zero-order valence-electron chi connectivity index (χ0n) is 12.5. The molecule has 0 radical (unpaired) electrons. The number of carbonyl (C=O) groups is 2. The largest absolute Gasteiger partial charge is 0.461 e. The number of ether oxygens (including phenoxy) is 1. The normalized spacial score (nSPS) is 10.6. The van der Waals surface area contributed by atoms with E-state index in [1.807, 2.05) is 0 Å². The van der Waals surface area contributed by atoms with Crippen molar-refractivity contribution in [2.75, 3.05) is 6.61 Å². The van der Waals surface area contributed by atoms with Crippen LogP contribution in [0.3, 0.4) is 0 Å². The molecule has 0 aliphatic rings. The van der Waals surface area contributed by atoms with Gasteiger partial charge in [0.2, 0.25) is 5.01 Å². The van der Waals surface area contributed by atoms with Crippen molar-refractivity contribution in [2.45, 2.75) is 39.7 Å². The van der Waals surface area contributed by atoms with E-state index in [9.17, 15) is 9.59 Å². The number of aromatic nitrogens is 5. The molecule has 8 nitrogen and oxygen atoms in total. The minimum absolute atomic E-state index is 0.0911. The van der Waals surface area contributed by atoms with Crippen LogP contribution in [0.25, 0.3) is 0 Å². The molecule has 22 heavy (non-hydrogen) atoms. The third kappa shape index (κ3) is 4.42. The highest BCUT2D eigenvalue weighted by Gasteiger charge is 2.13. The SMILES string of the molecule is CCOC(=O)c1nnc(CCCCn2cc(C(C)=O)nn2)s1. The zero-order valence-corrected chi connectivity index (χ0v) is 13.3. The molecule has 0 saturated heterocycles. The van der Waals surface area contributed by atoms with E-state index in [1.54, 1.807) is 17.8 Å². The van der Waals surface area contributed by atoms with Crippen LogP contribution in [0.5, 0.6) is 0 Å². The van der Waals surface area contributed by atoms with Crippen molar-refractivity contribution in [3.8, 4) is 0 Å². The van der Waals surface area contributed by atoms with Crippen LogP contribution in [-0.4, -0.2) is 43.6 Å². The second-order valence-electron chi connectivity index (χ2n) is 4.60. The van der Waals surface area contributed by atoms with E-state index < -0.39 is 5.97 Å². The first-order valence-electron chi connectivity index (χ1n) is 7.00. The summed E-state index contributed by atoms with van der Waals surface area (Å²) < 4.78 is 6.52. The number of nitrogens with zero attached hydrogens (tertiary/aromatic N) is 5. The lowest BCUT2D eigenvalue weighted by Gasteiger charge is -1.98. The maximum Gasteiger partial charge on any atom is 0.369 e. The summed E-state index contributed by atoms with van der Waals surface area (Å²) in [5.41, 5.74) is 0.378. The van der Waals surface area contributed by atoms with Gasteiger partial charge in [-0.2, -0.15) is 0 Å². The highest BCUT2D eigenvalue weighted by atomic mass is 32.1. The number of carbonyl (C=O) groups excluding carboxylic acids is 2. The van der Waals surface area contributed by atoms with Gasteiger partial charge in [0.25, 0.3) is 0 Å². The average molecular weight is 323 g/mol. The Balaban J connectivity index is 1.74. The lowest BCUT2D eigenvalue weighted by atomic mass is 10.2. The number of unbranched alkanes of at least 4 members (excludes halogenated alkanes) is 1. The molecule has 2 rings (SSSR count). The predicted molar refractivity (Wildman–Crippen MR) is 78.8 cm³/mol. The topological polar surface area (TPSA) is 99.9 Å². The number of aryl methyl sites for hydroxylation is 2. The van der Waals surface area contributed by atoms with E-state index in [0.29, 0.717) is 23.9 Å². The molecule has 0 amide bonds. The molecule has 0 fully saturated rings. The van der Waals surface area contributed by atoms with Crippen molar-refractivity contribution in [1.82, 2.24) is 25.2 Å². The molecule has 2 heterocycles. The molecule has 0 atom stereocenters. The molecule has 2 aromatic heterocycles. The molecule has 0 spiro atoms. The monoisotopic (exact) mass is 323 g/mol. The zero-order chi connectivity index (χ0) is 15.9. The van der Waals surface area contributed by atoms with Crippen LogP contribution in [-0.2, 0) is 17.7 Å². The van der Waals surface area contributed by atoms with E-state index in [2.05, 4.69) is 20.5 Å². The first-order valence-corrected chi connectivity index (χ1v) is 7.82. The molecule has 0 saturated carbocycles. The molecule has 0 aliphatic carbocycles. The van der Waals surface area contributed by atoms with Gasteiger partial charge in [-0.1, -0.05) is 16.6 Å². The number of ketones is 1. The van der Waals surface area contributed by atoms with E-state index in [-0.39, 0.29) is 5.78 Å². The molecule has 9 heteroatoms. The maximum absolute atomic E-state index is 11.5. The van der Waals surface area contributed by atoms with Gasteiger partial charge in [0.05, 0.1) is 12.8 Å². The Hall–Kier alpha value is -2.16. The van der Waals surface area contributed by atoms with Gasteiger partial charge in [-0.15, -0.1) is 15.3 Å². The van der Waals surface area contributed by atoms with Gasteiger partial charge < -0.3 is 4.74 Å². The van der Waals surface area contributed by atoms with Gasteiger partial charge in [0.15, 0.2) is 5.78 Å². The Kier molecular flexibility index (Phi) is 5.70. The second-order valence-corrected chi connectivity index (χ2v) is 5.66. The molecule has 0 unspecified atom stereocenters. The van der Waals surface area contributed by atoms with Gasteiger partial charge in [-0.25, -0.2) is 4.79 Å². The Morgan fingerprint density at radius 1 is 1.27 bits per heavy atom. The first-order chi connectivity index (χ1) is 10.6. The van der Waals surface area contributed by atoms with Crippen molar-refractivity contribution in [3.05, 3.63) is 21.9 Å². The van der Waals surface area contributed by atoms with Crippen LogP contribution in [0.15, 0.2) is 6.20 Å². The molecule has 0 N–H and O–H groups in total. The van der Waals surface area contributed by atoms with E-state index in [0.717, 1.165) is 24.3 Å². The fraction of sp³-hybridized carbons (Fsp3) is 0.538. The summed E-state index contributed by atoms with van der Waals surface area (Å²) in [6.45, 7) is 4.23. The third-order valence-electron chi connectivity index (χ3n) is 2.84. The Morgan fingerprint density at radius 2 is 2.09 bits per heavy atom. The Morgan fingerprint density at radius 3 is 2.77 bits per heavy atom. The Bertz CT molecular complexity index is 652. The van der Waals surface area contributed by atoms with Gasteiger partial charge >= 0.3 is 5.97 Å². The van der Waals surface area contributed by atoms with Crippen LogP contribution in [0.4, 0.5) is 0 Å². The average Bonchev–Trinajstić information content (AvgIpc) is 3.13. The number of rotatable bonds is 8. The summed E-state index contributed by atoms with van der Waals surface area (Å²) in [6, 6.07) is 0. The van der Waals surface area contributed by atoms with Crippen molar-refractivity contribution >= 4 is 23.1 Å². The third-order valence-corrected chi connectivity index (χ3v) is 3.81. The van der Waals surface area contributed by atoms with Crippen LogP contribution in [0.1, 0.15) is 52.0 Å². The minimum atomic E-state index is -0.425. The summed E-state index contributed by atoms with van der Waals surface area (Å²) >= 11 is 1.26. The number of esters is 1. The fourth-order valence-corrected chi connectivity index (χ4v) is 2.52. The van der Waals surface area contributed by atoms with Gasteiger partial charge in [-0.3, -0.25) is 9.48 Å². The summed E-state index contributed by atoms with van der Waals surface area (Å²) in [5.74, 6) is -0.516. The summed E-state index contributed by atoms with van der Waals surface area (Å²) in [6.07, 6.45) is 4.14. The van der Waals surface area contributed by atoms with Crippen LogP contribution < -0.4 is 0 Å². The minimum Gasteiger partial charge on any atom is -0.461 e. The van der Waals surface area contributed by atoms with Crippen molar-refractivity contribution in [2.24, 2.45) is 0 Å². The standard InChI is InChI=1S/C13H17N5O3S/c1-3-21-13(20)12-16-15-11(22-12)6-4-5-7-18-8-10(9(2)19)14-17-18/h8H,3-7H2,1-2H3. The molecule has 0 bridgehead atoms. The molecule has 0 aromatic carbocycles. The second kappa shape index (κ2) is 7.74. The maximum atomic E-state index is 11.5. The highest BCUT2D eigenvalue weighted by molar-refractivity contribution is 7.13. The van der Waals surface area contributed by atoms with Gasteiger partial charge in [0, 0.05) is 19.9 Å².